The van der Waals surface area contributed by atoms with E-state index in [4.69, 9.17) is 9.72 Å². The van der Waals surface area contributed by atoms with Crippen LogP contribution in [0.3, 0.4) is 0 Å². The summed E-state index contributed by atoms with van der Waals surface area (Å²) in [5, 5.41) is 3.04. The number of amides is 1. The van der Waals surface area contributed by atoms with Crippen molar-refractivity contribution in [2.24, 2.45) is 5.41 Å². The minimum Gasteiger partial charge on any atom is -0.493 e. The molecule has 0 saturated carbocycles. The van der Waals surface area contributed by atoms with Crippen LogP contribution in [-0.2, 0) is 24.2 Å². The molecule has 0 fully saturated rings. The summed E-state index contributed by atoms with van der Waals surface area (Å²) in [6.45, 7) is 12.1. The highest BCUT2D eigenvalue weighted by atomic mass is 16.5. The number of aromatic nitrogens is 2. The van der Waals surface area contributed by atoms with Crippen LogP contribution in [0.25, 0.3) is 11.0 Å². The molecule has 0 bridgehead atoms. The van der Waals surface area contributed by atoms with Gasteiger partial charge in [-0.1, -0.05) is 63.6 Å². The van der Waals surface area contributed by atoms with E-state index in [1.165, 1.54) is 11.1 Å². The molecule has 0 aliphatic rings. The fraction of sp³-hybridized carbons (Fsp3) is 0.467. The Bertz CT molecular complexity index is 1090. The lowest BCUT2D eigenvalue weighted by molar-refractivity contribution is -0.128. The van der Waals surface area contributed by atoms with E-state index in [0.717, 1.165) is 75.1 Å². The third kappa shape index (κ3) is 7.98. The molecule has 0 aliphatic carbocycles. The van der Waals surface area contributed by atoms with Crippen molar-refractivity contribution in [3.63, 3.8) is 0 Å². The van der Waals surface area contributed by atoms with E-state index in [-0.39, 0.29) is 11.3 Å². The molecule has 5 heteroatoms. The summed E-state index contributed by atoms with van der Waals surface area (Å²) in [4.78, 5) is 16.9. The van der Waals surface area contributed by atoms with Crippen molar-refractivity contribution in [1.82, 2.24) is 14.9 Å². The van der Waals surface area contributed by atoms with E-state index in [9.17, 15) is 4.79 Å². The first-order valence-electron chi connectivity index (χ1n) is 12.9. The molecule has 3 aromatic rings. The zero-order chi connectivity index (χ0) is 25.1. The lowest BCUT2D eigenvalue weighted by atomic mass is 9.96. The normalized spacial score (nSPS) is 11.5. The molecular weight excluding hydrogens is 434 g/mol. The van der Waals surface area contributed by atoms with Crippen molar-refractivity contribution >= 4 is 16.9 Å². The number of fused-ring (bicyclic) bond motifs is 1. The molecule has 3 rings (SSSR count). The second-order valence-corrected chi connectivity index (χ2v) is 10.1. The summed E-state index contributed by atoms with van der Waals surface area (Å²) < 4.78 is 8.44. The lowest BCUT2D eigenvalue weighted by Gasteiger charge is -2.17. The van der Waals surface area contributed by atoms with Gasteiger partial charge in [0.2, 0.25) is 5.91 Å². The minimum absolute atomic E-state index is 0.118. The Kier molecular flexibility index (Phi) is 9.95. The average molecular weight is 476 g/mol. The maximum absolute atomic E-state index is 12.0. The van der Waals surface area contributed by atoms with Crippen molar-refractivity contribution in [3.05, 3.63) is 72.6 Å². The molecule has 0 radical (unpaired) electrons. The summed E-state index contributed by atoms with van der Waals surface area (Å²) in [5.41, 5.74) is 3.13. The highest BCUT2D eigenvalue weighted by Gasteiger charge is 2.20. The Labute approximate surface area is 210 Å². The van der Waals surface area contributed by atoms with Gasteiger partial charge >= 0.3 is 0 Å². The average Bonchev–Trinajstić information content (AvgIpc) is 3.19. The van der Waals surface area contributed by atoms with Crippen LogP contribution in [0, 0.1) is 5.41 Å². The molecule has 1 N–H and O–H groups in total. The van der Waals surface area contributed by atoms with Gasteiger partial charge in [0.25, 0.3) is 0 Å². The van der Waals surface area contributed by atoms with Crippen molar-refractivity contribution < 1.29 is 9.53 Å². The summed E-state index contributed by atoms with van der Waals surface area (Å²) in [7, 11) is 0. The summed E-state index contributed by atoms with van der Waals surface area (Å²) in [6, 6.07) is 16.6. The van der Waals surface area contributed by atoms with Crippen molar-refractivity contribution in [1.29, 1.82) is 0 Å². The first-order valence-corrected chi connectivity index (χ1v) is 12.9. The second-order valence-electron chi connectivity index (χ2n) is 10.1. The third-order valence-corrected chi connectivity index (χ3v) is 6.15. The summed E-state index contributed by atoms with van der Waals surface area (Å²) in [6.07, 6.45) is 8.85. The van der Waals surface area contributed by atoms with Crippen LogP contribution in [0.1, 0.15) is 64.3 Å². The molecule has 0 spiro atoms. The zero-order valence-corrected chi connectivity index (χ0v) is 21.7. The molecule has 5 nitrogen and oxygen atoms in total. The predicted octanol–water partition coefficient (Wildman–Crippen LogP) is 6.50. The van der Waals surface area contributed by atoms with Crippen LogP contribution in [0.15, 0.2) is 61.2 Å². The van der Waals surface area contributed by atoms with Gasteiger partial charge in [0.1, 0.15) is 11.6 Å². The Morgan fingerprint density at radius 1 is 1.03 bits per heavy atom. The number of rotatable bonds is 14. The number of hydrogen-bond acceptors (Lipinski definition) is 3. The number of unbranched alkanes of at least 4 members (excludes halogenated alkanes) is 3. The number of hydrogen-bond donors (Lipinski definition) is 1. The third-order valence-electron chi connectivity index (χ3n) is 6.15. The quantitative estimate of drug-likeness (QED) is 0.214. The molecule has 188 valence electrons. The van der Waals surface area contributed by atoms with Crippen LogP contribution in [0.2, 0.25) is 0 Å². The highest BCUT2D eigenvalue weighted by molar-refractivity contribution is 5.81. The fourth-order valence-corrected chi connectivity index (χ4v) is 4.14. The maximum atomic E-state index is 12.0. The van der Waals surface area contributed by atoms with Crippen LogP contribution in [0.4, 0.5) is 0 Å². The van der Waals surface area contributed by atoms with E-state index in [1.807, 2.05) is 45.0 Å². The van der Waals surface area contributed by atoms with Crippen LogP contribution < -0.4 is 10.1 Å². The number of nitrogens with zero attached hydrogens (tertiary/aromatic N) is 2. The second kappa shape index (κ2) is 13.1. The smallest absolute Gasteiger partial charge is 0.225 e. The first-order chi connectivity index (χ1) is 16.9. The van der Waals surface area contributed by atoms with Crippen molar-refractivity contribution in [2.45, 2.75) is 72.3 Å². The number of ether oxygens (including phenoxy) is 1. The van der Waals surface area contributed by atoms with Crippen molar-refractivity contribution in [3.8, 4) is 5.75 Å². The molecular formula is C30H41N3O2. The molecule has 1 aromatic heterocycles. The number of imidazole rings is 1. The van der Waals surface area contributed by atoms with Crippen LogP contribution >= 0.6 is 0 Å². The number of nitrogens with one attached hydrogen (secondary N) is 1. The standard InChI is InChI=1S/C30H41N3O2/c1-5-15-24-16-8-11-19-27(24)35-23-14-13-22-33-26-18-10-9-17-25(26)32-28(33)20-7-6-12-21-31-29(34)30(2,3)4/h5,8-11,16-19H,1,6-7,12-15,20-23H2,2-4H3,(H,31,34). The SMILES string of the molecule is C=CCc1ccccc1OCCCCn1c(CCCCCNC(=O)C(C)(C)C)nc2ccccc21. The van der Waals surface area contributed by atoms with Gasteiger partial charge in [0, 0.05) is 24.9 Å². The van der Waals surface area contributed by atoms with Gasteiger partial charge in [-0.15, -0.1) is 6.58 Å². The minimum atomic E-state index is -0.328. The number of carbonyl (C=O) groups is 1. The van der Waals surface area contributed by atoms with Gasteiger partial charge in [-0.25, -0.2) is 4.98 Å². The van der Waals surface area contributed by atoms with Gasteiger partial charge in [-0.2, -0.15) is 0 Å². The van der Waals surface area contributed by atoms with E-state index in [2.05, 4.69) is 46.8 Å². The van der Waals surface area contributed by atoms with Gasteiger partial charge in [-0.3, -0.25) is 4.79 Å². The molecule has 0 unspecified atom stereocenters. The highest BCUT2D eigenvalue weighted by Crippen LogP contribution is 2.21. The van der Waals surface area contributed by atoms with Crippen molar-refractivity contribution in [2.75, 3.05) is 13.2 Å². The maximum Gasteiger partial charge on any atom is 0.225 e. The number of aryl methyl sites for hydroxylation is 2. The molecule has 1 amide bonds. The summed E-state index contributed by atoms with van der Waals surface area (Å²) in [5.74, 6) is 2.23. The first kappa shape index (κ1) is 26.5. The summed E-state index contributed by atoms with van der Waals surface area (Å²) >= 11 is 0. The molecule has 0 saturated heterocycles. The number of benzene rings is 2. The van der Waals surface area contributed by atoms with Gasteiger partial charge < -0.3 is 14.6 Å². The number of carbonyl (C=O) groups excluding carboxylic acids is 1. The lowest BCUT2D eigenvalue weighted by Crippen LogP contribution is -2.35. The molecule has 35 heavy (non-hydrogen) atoms. The Morgan fingerprint density at radius 3 is 2.60 bits per heavy atom. The number of para-hydroxylation sites is 3. The predicted molar refractivity (Wildman–Crippen MR) is 145 cm³/mol. The largest absolute Gasteiger partial charge is 0.493 e. The number of allylic oxidation sites excluding steroid dienone is 1. The van der Waals surface area contributed by atoms with E-state index in [1.54, 1.807) is 0 Å². The van der Waals surface area contributed by atoms with Gasteiger partial charge in [0.05, 0.1) is 17.6 Å². The van der Waals surface area contributed by atoms with E-state index < -0.39 is 0 Å². The van der Waals surface area contributed by atoms with E-state index >= 15 is 0 Å². The van der Waals surface area contributed by atoms with Gasteiger partial charge in [0.15, 0.2) is 0 Å². The van der Waals surface area contributed by atoms with E-state index in [0.29, 0.717) is 6.61 Å². The Hall–Kier alpha value is -3.08. The molecule has 1 heterocycles. The Balaban J connectivity index is 1.47. The fourth-order valence-electron chi connectivity index (χ4n) is 4.14. The van der Waals surface area contributed by atoms with Gasteiger partial charge in [-0.05, 0) is 55.9 Å². The monoisotopic (exact) mass is 475 g/mol. The Morgan fingerprint density at radius 2 is 1.80 bits per heavy atom. The molecule has 0 aliphatic heterocycles. The van der Waals surface area contributed by atoms with Crippen LogP contribution in [-0.4, -0.2) is 28.6 Å². The zero-order valence-electron chi connectivity index (χ0n) is 21.7. The molecule has 0 atom stereocenters. The molecule has 2 aromatic carbocycles. The topological polar surface area (TPSA) is 56.1 Å². The van der Waals surface area contributed by atoms with Crippen LogP contribution in [0.5, 0.6) is 5.75 Å².